The fourth-order valence-corrected chi connectivity index (χ4v) is 1.12. The molecular weight excluding hydrogens is 166 g/mol. The molecule has 0 atom stereocenters. The maximum atomic E-state index is 5.59. The number of benzene rings is 1. The fourth-order valence-electron chi connectivity index (χ4n) is 1.12. The molecule has 0 saturated heterocycles. The summed E-state index contributed by atoms with van der Waals surface area (Å²) in [6.45, 7) is 0.506. The molecule has 0 amide bonds. The molecule has 13 heavy (non-hydrogen) atoms. The largest absolute Gasteiger partial charge is 0.382 e. The van der Waals surface area contributed by atoms with Crippen LogP contribution in [0, 0.1) is 0 Å². The van der Waals surface area contributed by atoms with Gasteiger partial charge in [0.2, 0.25) is 0 Å². The van der Waals surface area contributed by atoms with E-state index in [0.717, 1.165) is 11.1 Å². The smallest absolute Gasteiger partial charge is 0.150 e. The molecule has 4 nitrogen and oxygen atoms in total. The van der Waals surface area contributed by atoms with Crippen LogP contribution in [0.25, 0.3) is 0 Å². The monoisotopic (exact) mass is 179 g/mol. The summed E-state index contributed by atoms with van der Waals surface area (Å²) in [5, 5.41) is 3.44. The van der Waals surface area contributed by atoms with E-state index in [4.69, 9.17) is 16.3 Å². The van der Waals surface area contributed by atoms with Crippen LogP contribution in [0.5, 0.6) is 0 Å². The quantitative estimate of drug-likeness (QED) is 0.305. The van der Waals surface area contributed by atoms with Crippen molar-refractivity contribution in [1.29, 1.82) is 0 Å². The zero-order valence-corrected chi connectivity index (χ0v) is 7.53. The van der Waals surface area contributed by atoms with Gasteiger partial charge in [-0.05, 0) is 5.56 Å². The number of hydrogen-bond donors (Lipinski definition) is 2. The van der Waals surface area contributed by atoms with Crippen molar-refractivity contribution in [3.8, 4) is 0 Å². The van der Waals surface area contributed by atoms with Gasteiger partial charge in [-0.2, -0.15) is 5.10 Å². The van der Waals surface area contributed by atoms with E-state index >= 15 is 0 Å². The lowest BCUT2D eigenvalue weighted by molar-refractivity contribution is 0.185. The zero-order valence-electron chi connectivity index (χ0n) is 7.53. The lowest BCUT2D eigenvalue weighted by atomic mass is 10.1. The lowest BCUT2D eigenvalue weighted by Crippen LogP contribution is -2.17. The first-order valence-electron chi connectivity index (χ1n) is 3.90. The Hall–Kier alpha value is -1.55. The van der Waals surface area contributed by atoms with Crippen molar-refractivity contribution in [1.82, 2.24) is 0 Å². The Balaban J connectivity index is 3.04. The molecule has 0 bridgehead atoms. The number of hydrazone groups is 1. The predicted octanol–water partition coefficient (Wildman–Crippen LogP) is 0.412. The van der Waals surface area contributed by atoms with Crippen LogP contribution < -0.4 is 11.6 Å². The number of amidine groups is 1. The summed E-state index contributed by atoms with van der Waals surface area (Å²) in [7, 11) is 1.63. The highest BCUT2D eigenvalue weighted by Crippen LogP contribution is 2.08. The molecule has 0 aromatic heterocycles. The summed E-state index contributed by atoms with van der Waals surface area (Å²) in [5.41, 5.74) is 7.40. The number of rotatable bonds is 3. The summed E-state index contributed by atoms with van der Waals surface area (Å²) in [5.74, 6) is 5.42. The van der Waals surface area contributed by atoms with E-state index in [0.29, 0.717) is 12.4 Å². The second-order valence-corrected chi connectivity index (χ2v) is 2.60. The van der Waals surface area contributed by atoms with Crippen LogP contribution in [-0.4, -0.2) is 12.9 Å². The molecule has 0 radical (unpaired) electrons. The average molecular weight is 179 g/mol. The zero-order chi connectivity index (χ0) is 9.68. The van der Waals surface area contributed by atoms with Gasteiger partial charge in [-0.1, -0.05) is 24.3 Å². The molecule has 1 aromatic rings. The van der Waals surface area contributed by atoms with E-state index in [2.05, 4.69) is 5.10 Å². The van der Waals surface area contributed by atoms with Gasteiger partial charge in [0.15, 0.2) is 5.84 Å². The minimum atomic E-state index is 0.327. The summed E-state index contributed by atoms with van der Waals surface area (Å²) in [4.78, 5) is 0. The Labute approximate surface area is 77.2 Å². The van der Waals surface area contributed by atoms with E-state index in [1.54, 1.807) is 7.11 Å². The van der Waals surface area contributed by atoms with Crippen LogP contribution >= 0.6 is 0 Å². The molecule has 0 spiro atoms. The van der Waals surface area contributed by atoms with Crippen molar-refractivity contribution in [2.75, 3.05) is 7.11 Å². The van der Waals surface area contributed by atoms with Gasteiger partial charge >= 0.3 is 0 Å². The molecule has 70 valence electrons. The van der Waals surface area contributed by atoms with E-state index in [-0.39, 0.29) is 0 Å². The number of methoxy groups -OCH3 is 1. The molecule has 0 aliphatic rings. The number of ether oxygens (including phenoxy) is 1. The molecule has 4 heteroatoms. The molecule has 0 heterocycles. The van der Waals surface area contributed by atoms with Crippen LogP contribution in [0.2, 0.25) is 0 Å². The normalized spacial score (nSPS) is 11.6. The second-order valence-electron chi connectivity index (χ2n) is 2.60. The number of hydrogen-bond acceptors (Lipinski definition) is 3. The maximum absolute atomic E-state index is 5.59. The van der Waals surface area contributed by atoms with Gasteiger partial charge < -0.3 is 16.3 Å². The SMILES string of the molecule is COCc1ccccc1C(N)=NN. The molecular formula is C9H13N3O. The summed E-state index contributed by atoms with van der Waals surface area (Å²) in [6.07, 6.45) is 0. The molecule has 0 fully saturated rings. The molecule has 1 aromatic carbocycles. The third kappa shape index (κ3) is 2.19. The maximum Gasteiger partial charge on any atom is 0.150 e. The van der Waals surface area contributed by atoms with Crippen LogP contribution in [0.3, 0.4) is 0 Å². The van der Waals surface area contributed by atoms with E-state index in [1.165, 1.54) is 0 Å². The van der Waals surface area contributed by atoms with E-state index in [9.17, 15) is 0 Å². The second kappa shape index (κ2) is 4.47. The van der Waals surface area contributed by atoms with E-state index < -0.39 is 0 Å². The van der Waals surface area contributed by atoms with Gasteiger partial charge in [0, 0.05) is 12.7 Å². The van der Waals surface area contributed by atoms with Crippen LogP contribution in [0.15, 0.2) is 29.4 Å². The summed E-state index contributed by atoms with van der Waals surface area (Å²) >= 11 is 0. The Morgan fingerprint density at radius 3 is 2.77 bits per heavy atom. The van der Waals surface area contributed by atoms with Crippen LogP contribution in [0.4, 0.5) is 0 Å². The van der Waals surface area contributed by atoms with Gasteiger partial charge in [0.1, 0.15) is 0 Å². The molecule has 0 unspecified atom stereocenters. The first-order valence-corrected chi connectivity index (χ1v) is 3.90. The minimum absolute atomic E-state index is 0.327. The van der Waals surface area contributed by atoms with Crippen molar-refractivity contribution in [2.24, 2.45) is 16.7 Å². The fraction of sp³-hybridized carbons (Fsp3) is 0.222. The van der Waals surface area contributed by atoms with Crippen molar-refractivity contribution in [3.63, 3.8) is 0 Å². The third-order valence-corrected chi connectivity index (χ3v) is 1.73. The molecule has 0 aliphatic heterocycles. The Bertz CT molecular complexity index is 309. The predicted molar refractivity (Wildman–Crippen MR) is 52.1 cm³/mol. The topological polar surface area (TPSA) is 73.6 Å². The highest BCUT2D eigenvalue weighted by molar-refractivity contribution is 5.98. The van der Waals surface area contributed by atoms with Crippen molar-refractivity contribution in [2.45, 2.75) is 6.61 Å². The summed E-state index contributed by atoms with van der Waals surface area (Å²) in [6, 6.07) is 7.59. The van der Waals surface area contributed by atoms with Crippen molar-refractivity contribution < 1.29 is 4.74 Å². The van der Waals surface area contributed by atoms with Gasteiger partial charge in [0.05, 0.1) is 6.61 Å². The molecule has 0 aliphatic carbocycles. The third-order valence-electron chi connectivity index (χ3n) is 1.73. The standard InChI is InChI=1S/C9H13N3O/c1-13-6-7-4-2-3-5-8(7)9(10)12-11/h2-5H,6,11H2,1H3,(H2,10,12). The van der Waals surface area contributed by atoms with E-state index in [1.807, 2.05) is 24.3 Å². The Kier molecular flexibility index (Phi) is 3.28. The first-order chi connectivity index (χ1) is 6.29. The minimum Gasteiger partial charge on any atom is -0.382 e. The van der Waals surface area contributed by atoms with Gasteiger partial charge in [-0.3, -0.25) is 0 Å². The average Bonchev–Trinajstić information content (AvgIpc) is 2.18. The highest BCUT2D eigenvalue weighted by Gasteiger charge is 2.04. The van der Waals surface area contributed by atoms with Gasteiger partial charge in [-0.25, -0.2) is 0 Å². The molecule has 0 saturated carbocycles. The Morgan fingerprint density at radius 2 is 2.15 bits per heavy atom. The van der Waals surface area contributed by atoms with Crippen LogP contribution in [-0.2, 0) is 11.3 Å². The van der Waals surface area contributed by atoms with Gasteiger partial charge in [0.25, 0.3) is 0 Å². The Morgan fingerprint density at radius 1 is 1.46 bits per heavy atom. The first kappa shape index (κ1) is 9.54. The highest BCUT2D eigenvalue weighted by atomic mass is 16.5. The van der Waals surface area contributed by atoms with Crippen LogP contribution in [0.1, 0.15) is 11.1 Å². The number of nitrogens with zero attached hydrogens (tertiary/aromatic N) is 1. The van der Waals surface area contributed by atoms with Gasteiger partial charge in [-0.15, -0.1) is 0 Å². The molecule has 4 N–H and O–H groups in total. The van der Waals surface area contributed by atoms with Crippen molar-refractivity contribution in [3.05, 3.63) is 35.4 Å². The summed E-state index contributed by atoms with van der Waals surface area (Å²) < 4.78 is 5.01. The van der Waals surface area contributed by atoms with Crippen molar-refractivity contribution >= 4 is 5.84 Å². The molecule has 1 rings (SSSR count). The number of nitrogens with two attached hydrogens (primary N) is 2. The lowest BCUT2D eigenvalue weighted by Gasteiger charge is -2.06.